The fourth-order valence-corrected chi connectivity index (χ4v) is 2.67. The lowest BCUT2D eigenvalue weighted by Crippen LogP contribution is -2.22. The third-order valence-electron chi connectivity index (χ3n) is 4.25. The Morgan fingerprint density at radius 1 is 0.862 bits per heavy atom. The van der Waals surface area contributed by atoms with E-state index in [1.807, 2.05) is 68.7 Å². The number of nitrogens with one attached hydrogen (secondary N) is 1. The Bertz CT molecular complexity index is 909. The van der Waals surface area contributed by atoms with Gasteiger partial charge in [0.1, 0.15) is 23.9 Å². The first kappa shape index (κ1) is 20.4. The van der Waals surface area contributed by atoms with E-state index in [1.54, 1.807) is 24.3 Å². The van der Waals surface area contributed by atoms with Crippen LogP contribution in [0.1, 0.15) is 15.9 Å². The zero-order valence-corrected chi connectivity index (χ0v) is 16.8. The molecule has 1 N–H and O–H groups in total. The number of likely N-dealkylation sites (N-methyl/N-ethyl adjacent to an activating group) is 1. The smallest absolute Gasteiger partial charge is 0.251 e. The van der Waals surface area contributed by atoms with Crippen molar-refractivity contribution in [2.45, 2.75) is 6.54 Å². The van der Waals surface area contributed by atoms with Crippen LogP contribution in [-0.2, 0) is 6.54 Å². The number of hydrogen-bond acceptors (Lipinski definition) is 4. The van der Waals surface area contributed by atoms with Crippen LogP contribution in [-0.4, -0.2) is 38.1 Å². The summed E-state index contributed by atoms with van der Waals surface area (Å²) < 4.78 is 11.5. The molecule has 3 rings (SSSR count). The van der Waals surface area contributed by atoms with Crippen LogP contribution < -0.4 is 14.8 Å². The predicted octanol–water partition coefficient (Wildman–Crippen LogP) is 4.35. The third-order valence-corrected chi connectivity index (χ3v) is 4.25. The first-order chi connectivity index (χ1) is 14.1. The molecule has 0 spiro atoms. The molecule has 0 saturated carbocycles. The first-order valence-corrected chi connectivity index (χ1v) is 9.58. The van der Waals surface area contributed by atoms with Gasteiger partial charge in [0.25, 0.3) is 5.91 Å². The first-order valence-electron chi connectivity index (χ1n) is 9.58. The largest absolute Gasteiger partial charge is 0.492 e. The highest BCUT2D eigenvalue weighted by atomic mass is 16.5. The van der Waals surface area contributed by atoms with Gasteiger partial charge >= 0.3 is 0 Å². The van der Waals surface area contributed by atoms with Crippen molar-refractivity contribution in [3.8, 4) is 17.2 Å². The summed E-state index contributed by atoms with van der Waals surface area (Å²) in [4.78, 5) is 14.5. The number of benzene rings is 3. The average Bonchev–Trinajstić information content (AvgIpc) is 2.73. The minimum atomic E-state index is -0.129. The van der Waals surface area contributed by atoms with Gasteiger partial charge in [-0.05, 0) is 68.2 Å². The summed E-state index contributed by atoms with van der Waals surface area (Å²) in [7, 11) is 4.02. The molecular weight excluding hydrogens is 364 g/mol. The molecule has 0 aliphatic heterocycles. The number of rotatable bonds is 9. The van der Waals surface area contributed by atoms with Crippen molar-refractivity contribution in [1.29, 1.82) is 0 Å². The number of para-hydroxylation sites is 1. The second kappa shape index (κ2) is 10.3. The Labute approximate surface area is 171 Å². The molecule has 0 bridgehead atoms. The SMILES string of the molecule is CN(C)CCOc1cccc(CNC(=O)c2ccc(Oc3ccccc3)cc2)c1. The van der Waals surface area contributed by atoms with Gasteiger partial charge in [0.15, 0.2) is 0 Å². The molecule has 0 radical (unpaired) electrons. The third kappa shape index (κ3) is 6.66. The van der Waals surface area contributed by atoms with E-state index in [0.29, 0.717) is 24.5 Å². The molecule has 150 valence electrons. The van der Waals surface area contributed by atoms with Crippen molar-refractivity contribution < 1.29 is 14.3 Å². The molecule has 0 saturated heterocycles. The van der Waals surface area contributed by atoms with Crippen molar-refractivity contribution in [3.05, 3.63) is 90.0 Å². The molecule has 0 heterocycles. The van der Waals surface area contributed by atoms with Gasteiger partial charge < -0.3 is 19.7 Å². The molecular formula is C24H26N2O3. The van der Waals surface area contributed by atoms with Crippen molar-refractivity contribution in [2.24, 2.45) is 0 Å². The molecule has 0 unspecified atom stereocenters. The van der Waals surface area contributed by atoms with Crippen LogP contribution in [0.4, 0.5) is 0 Å². The van der Waals surface area contributed by atoms with Gasteiger partial charge in [-0.1, -0.05) is 30.3 Å². The van der Waals surface area contributed by atoms with Crippen molar-refractivity contribution in [2.75, 3.05) is 27.2 Å². The monoisotopic (exact) mass is 390 g/mol. The predicted molar refractivity (Wildman–Crippen MR) is 115 cm³/mol. The van der Waals surface area contributed by atoms with Crippen LogP contribution in [0, 0.1) is 0 Å². The van der Waals surface area contributed by atoms with E-state index in [0.717, 1.165) is 23.6 Å². The lowest BCUT2D eigenvalue weighted by atomic mass is 10.2. The second-order valence-corrected chi connectivity index (χ2v) is 6.92. The van der Waals surface area contributed by atoms with Crippen LogP contribution in [0.15, 0.2) is 78.9 Å². The maximum Gasteiger partial charge on any atom is 0.251 e. The van der Waals surface area contributed by atoms with E-state index in [4.69, 9.17) is 9.47 Å². The molecule has 5 nitrogen and oxygen atoms in total. The highest BCUT2D eigenvalue weighted by Gasteiger charge is 2.07. The molecule has 5 heteroatoms. The quantitative estimate of drug-likeness (QED) is 0.590. The standard InChI is InChI=1S/C24H26N2O3/c1-26(2)15-16-28-23-10-6-7-19(17-23)18-25-24(27)20-11-13-22(14-12-20)29-21-8-4-3-5-9-21/h3-14,17H,15-16,18H2,1-2H3,(H,25,27). The van der Waals surface area contributed by atoms with E-state index >= 15 is 0 Å². The fraction of sp³-hybridized carbons (Fsp3) is 0.208. The molecule has 0 aliphatic carbocycles. The van der Waals surface area contributed by atoms with Crippen molar-refractivity contribution in [1.82, 2.24) is 10.2 Å². The number of hydrogen-bond donors (Lipinski definition) is 1. The van der Waals surface area contributed by atoms with Gasteiger partial charge in [-0.15, -0.1) is 0 Å². The highest BCUT2D eigenvalue weighted by molar-refractivity contribution is 5.94. The summed E-state index contributed by atoms with van der Waals surface area (Å²) >= 11 is 0. The van der Waals surface area contributed by atoms with Gasteiger partial charge in [-0.25, -0.2) is 0 Å². The summed E-state index contributed by atoms with van der Waals surface area (Å²) in [6.45, 7) is 1.91. The second-order valence-electron chi connectivity index (χ2n) is 6.92. The molecule has 29 heavy (non-hydrogen) atoms. The highest BCUT2D eigenvalue weighted by Crippen LogP contribution is 2.21. The Hall–Kier alpha value is -3.31. The van der Waals surface area contributed by atoms with E-state index in [9.17, 15) is 4.79 Å². The summed E-state index contributed by atoms with van der Waals surface area (Å²) in [5.74, 6) is 2.13. The van der Waals surface area contributed by atoms with E-state index < -0.39 is 0 Å². The van der Waals surface area contributed by atoms with Crippen LogP contribution in [0.2, 0.25) is 0 Å². The summed E-state index contributed by atoms with van der Waals surface area (Å²) in [5.41, 5.74) is 1.58. The maximum atomic E-state index is 12.4. The molecule has 0 atom stereocenters. The summed E-state index contributed by atoms with van der Waals surface area (Å²) in [6, 6.07) is 24.4. The number of amides is 1. The maximum absolute atomic E-state index is 12.4. The molecule has 0 fully saturated rings. The van der Waals surface area contributed by atoms with Gasteiger partial charge in [0.2, 0.25) is 0 Å². The fourth-order valence-electron chi connectivity index (χ4n) is 2.67. The number of carbonyl (C=O) groups is 1. The van der Waals surface area contributed by atoms with Gasteiger partial charge in [0, 0.05) is 18.7 Å². The van der Waals surface area contributed by atoms with Crippen LogP contribution in [0.3, 0.4) is 0 Å². The molecule has 0 aromatic heterocycles. The normalized spacial score (nSPS) is 10.6. The number of carbonyl (C=O) groups excluding carboxylic acids is 1. The van der Waals surface area contributed by atoms with E-state index in [1.165, 1.54) is 0 Å². The Kier molecular flexibility index (Phi) is 7.25. The molecule has 0 aliphatic rings. The summed E-state index contributed by atoms with van der Waals surface area (Å²) in [5, 5.41) is 2.94. The van der Waals surface area contributed by atoms with E-state index in [2.05, 4.69) is 10.2 Å². The Balaban J connectivity index is 1.51. The average molecular weight is 390 g/mol. The zero-order chi connectivity index (χ0) is 20.5. The van der Waals surface area contributed by atoms with Gasteiger partial charge in [-0.2, -0.15) is 0 Å². The number of ether oxygens (including phenoxy) is 2. The minimum absolute atomic E-state index is 0.129. The van der Waals surface area contributed by atoms with Gasteiger partial charge in [0.05, 0.1) is 0 Å². The van der Waals surface area contributed by atoms with E-state index in [-0.39, 0.29) is 5.91 Å². The summed E-state index contributed by atoms with van der Waals surface area (Å²) in [6.07, 6.45) is 0. The lowest BCUT2D eigenvalue weighted by molar-refractivity contribution is 0.0951. The number of nitrogens with zero attached hydrogens (tertiary/aromatic N) is 1. The van der Waals surface area contributed by atoms with Crippen LogP contribution >= 0.6 is 0 Å². The lowest BCUT2D eigenvalue weighted by Gasteiger charge is -2.12. The molecule has 1 amide bonds. The molecule has 3 aromatic carbocycles. The van der Waals surface area contributed by atoms with Crippen molar-refractivity contribution >= 4 is 5.91 Å². The minimum Gasteiger partial charge on any atom is -0.492 e. The zero-order valence-electron chi connectivity index (χ0n) is 16.8. The van der Waals surface area contributed by atoms with Crippen LogP contribution in [0.5, 0.6) is 17.2 Å². The Morgan fingerprint density at radius 2 is 1.55 bits per heavy atom. The van der Waals surface area contributed by atoms with Crippen molar-refractivity contribution in [3.63, 3.8) is 0 Å². The molecule has 3 aromatic rings. The topological polar surface area (TPSA) is 50.8 Å². The Morgan fingerprint density at radius 3 is 2.28 bits per heavy atom. The van der Waals surface area contributed by atoms with Crippen LogP contribution in [0.25, 0.3) is 0 Å². The van der Waals surface area contributed by atoms with Gasteiger partial charge in [-0.3, -0.25) is 4.79 Å².